The van der Waals surface area contributed by atoms with Crippen LogP contribution in [0.25, 0.3) is 0 Å². The summed E-state index contributed by atoms with van der Waals surface area (Å²) in [4.78, 5) is 3.77. The molecule has 1 aromatic heterocycles. The molecule has 0 saturated heterocycles. The van der Waals surface area contributed by atoms with E-state index in [1.54, 1.807) is 0 Å². The molecule has 0 aliphatic rings. The monoisotopic (exact) mass is 183 g/mol. The van der Waals surface area contributed by atoms with Gasteiger partial charge in [-0.05, 0) is 0 Å². The van der Waals surface area contributed by atoms with Gasteiger partial charge in [-0.3, -0.25) is 4.98 Å². The smallest absolute Gasteiger partial charge is 0.495 e. The maximum atomic E-state index is 8.87. The lowest BCUT2D eigenvalue weighted by atomic mass is 9.85. The molecule has 0 radical (unpaired) electrons. The summed E-state index contributed by atoms with van der Waals surface area (Å²) in [7, 11) is 1.27. The van der Waals surface area contributed by atoms with Crippen molar-refractivity contribution in [1.29, 1.82) is 0 Å². The van der Waals surface area contributed by atoms with Gasteiger partial charge in [0.05, 0.1) is 20.4 Å². The van der Waals surface area contributed by atoms with Crippen molar-refractivity contribution in [2.24, 2.45) is 0 Å². The lowest BCUT2D eigenvalue weighted by Gasteiger charge is -2.07. The first-order valence-corrected chi connectivity index (χ1v) is 3.63. The molecule has 0 aliphatic heterocycles. The van der Waals surface area contributed by atoms with Crippen LogP contribution in [0.15, 0.2) is 12.3 Å². The molecule has 1 aromatic rings. The molecule has 0 spiro atoms. The Bertz CT molecular complexity index is 292. The Morgan fingerprint density at radius 1 is 1.31 bits per heavy atom. The van der Waals surface area contributed by atoms with E-state index in [4.69, 9.17) is 19.5 Å². The van der Waals surface area contributed by atoms with Crippen molar-refractivity contribution in [3.05, 3.63) is 12.3 Å². The summed E-state index contributed by atoms with van der Waals surface area (Å²) in [6.45, 7) is 0. The Labute approximate surface area is 76.1 Å². The van der Waals surface area contributed by atoms with Crippen molar-refractivity contribution in [2.45, 2.75) is 0 Å². The van der Waals surface area contributed by atoms with Crippen LogP contribution in [0.4, 0.5) is 0 Å². The fourth-order valence-electron chi connectivity index (χ4n) is 0.906. The normalized spacial score (nSPS) is 9.54. The molecule has 0 aliphatic carbocycles. The van der Waals surface area contributed by atoms with E-state index in [-0.39, 0.29) is 11.3 Å². The van der Waals surface area contributed by atoms with Gasteiger partial charge in [0.2, 0.25) is 0 Å². The Kier molecular flexibility index (Phi) is 3.10. The fourth-order valence-corrected chi connectivity index (χ4v) is 0.906. The van der Waals surface area contributed by atoms with E-state index in [2.05, 4.69) is 4.98 Å². The molecule has 0 saturated carbocycles. The minimum Gasteiger partial charge on any atom is -0.495 e. The molecule has 13 heavy (non-hydrogen) atoms. The van der Waals surface area contributed by atoms with Gasteiger partial charge in [-0.25, -0.2) is 0 Å². The van der Waals surface area contributed by atoms with Gasteiger partial charge in [0, 0.05) is 6.07 Å². The molecule has 0 atom stereocenters. The van der Waals surface area contributed by atoms with E-state index in [9.17, 15) is 0 Å². The van der Waals surface area contributed by atoms with Crippen molar-refractivity contribution < 1.29 is 19.5 Å². The lowest BCUT2D eigenvalue weighted by Crippen LogP contribution is -2.33. The molecule has 1 heterocycles. The van der Waals surface area contributed by atoms with E-state index >= 15 is 0 Å². The van der Waals surface area contributed by atoms with Crippen LogP contribution in [0.2, 0.25) is 0 Å². The Morgan fingerprint density at radius 3 is 2.46 bits per heavy atom. The quantitative estimate of drug-likeness (QED) is 0.574. The zero-order valence-corrected chi connectivity index (χ0v) is 7.39. The number of methoxy groups -OCH3 is 2. The molecule has 0 amide bonds. The molecule has 0 unspecified atom stereocenters. The average Bonchev–Trinajstić information content (AvgIpc) is 2.16. The van der Waals surface area contributed by atoms with Crippen molar-refractivity contribution in [3.63, 3.8) is 0 Å². The molecule has 2 N–H and O–H groups in total. The molecular formula is C7H10BNO4. The number of nitrogens with zero attached hydrogens (tertiary/aromatic N) is 1. The first-order chi connectivity index (χ1) is 6.19. The molecule has 6 heteroatoms. The SMILES string of the molecule is COc1cnc(B(O)O)c(OC)c1. The topological polar surface area (TPSA) is 71.8 Å². The summed E-state index contributed by atoms with van der Waals surface area (Å²) in [5.41, 5.74) is 0.0725. The Hall–Kier alpha value is -1.27. The maximum absolute atomic E-state index is 8.87. The van der Waals surface area contributed by atoms with Gasteiger partial charge in [0.15, 0.2) is 0 Å². The predicted octanol–water partition coefficient (Wildman–Crippen LogP) is -1.22. The molecule has 5 nitrogen and oxygen atoms in total. The summed E-state index contributed by atoms with van der Waals surface area (Å²) >= 11 is 0. The minimum absolute atomic E-state index is 0.0725. The van der Waals surface area contributed by atoms with Gasteiger partial charge in [-0.15, -0.1) is 0 Å². The summed E-state index contributed by atoms with van der Waals surface area (Å²) in [6.07, 6.45) is 1.39. The highest BCUT2D eigenvalue weighted by atomic mass is 16.5. The summed E-state index contributed by atoms with van der Waals surface area (Å²) in [5.74, 6) is 0.788. The number of hydrogen-bond donors (Lipinski definition) is 2. The number of ether oxygens (including phenoxy) is 2. The third-order valence-corrected chi connectivity index (χ3v) is 1.56. The van der Waals surface area contributed by atoms with E-state index in [1.807, 2.05) is 0 Å². The molecule has 0 bridgehead atoms. The van der Waals surface area contributed by atoms with Gasteiger partial charge in [0.25, 0.3) is 0 Å². The molecule has 0 aromatic carbocycles. The summed E-state index contributed by atoms with van der Waals surface area (Å²) < 4.78 is 9.77. The third-order valence-electron chi connectivity index (χ3n) is 1.56. The highest BCUT2D eigenvalue weighted by molar-refractivity contribution is 6.58. The van der Waals surface area contributed by atoms with Gasteiger partial charge < -0.3 is 19.5 Å². The van der Waals surface area contributed by atoms with Gasteiger partial charge in [-0.1, -0.05) is 0 Å². The van der Waals surface area contributed by atoms with Crippen molar-refractivity contribution >= 4 is 12.7 Å². The fraction of sp³-hybridized carbons (Fsp3) is 0.286. The number of hydrogen-bond acceptors (Lipinski definition) is 5. The predicted molar refractivity (Wildman–Crippen MR) is 47.2 cm³/mol. The van der Waals surface area contributed by atoms with Crippen LogP contribution in [-0.2, 0) is 0 Å². The Balaban J connectivity index is 3.08. The van der Waals surface area contributed by atoms with Crippen LogP contribution in [0, 0.1) is 0 Å². The molecule has 1 rings (SSSR count). The largest absolute Gasteiger partial charge is 0.512 e. The van der Waals surface area contributed by atoms with Crippen LogP contribution < -0.4 is 15.1 Å². The van der Waals surface area contributed by atoms with Crippen LogP contribution in [-0.4, -0.2) is 36.4 Å². The van der Waals surface area contributed by atoms with E-state index in [0.29, 0.717) is 5.75 Å². The number of aromatic nitrogens is 1. The second kappa shape index (κ2) is 4.11. The van der Waals surface area contributed by atoms with E-state index in [0.717, 1.165) is 0 Å². The van der Waals surface area contributed by atoms with E-state index < -0.39 is 7.12 Å². The highest BCUT2D eigenvalue weighted by Gasteiger charge is 2.19. The van der Waals surface area contributed by atoms with Crippen LogP contribution in [0.3, 0.4) is 0 Å². The van der Waals surface area contributed by atoms with Gasteiger partial charge in [-0.2, -0.15) is 0 Å². The highest BCUT2D eigenvalue weighted by Crippen LogP contribution is 2.14. The molecule has 0 fully saturated rings. The van der Waals surface area contributed by atoms with Crippen molar-refractivity contribution in [1.82, 2.24) is 4.98 Å². The minimum atomic E-state index is -1.64. The second-order valence-corrected chi connectivity index (χ2v) is 2.34. The first kappa shape index (κ1) is 9.82. The van der Waals surface area contributed by atoms with Gasteiger partial charge >= 0.3 is 7.12 Å². The number of pyridine rings is 1. The summed E-state index contributed by atoms with van der Waals surface area (Å²) in [6, 6.07) is 1.53. The lowest BCUT2D eigenvalue weighted by molar-refractivity contribution is 0.386. The zero-order chi connectivity index (χ0) is 9.84. The third kappa shape index (κ3) is 2.10. The molecular weight excluding hydrogens is 173 g/mol. The Morgan fingerprint density at radius 2 is 2.00 bits per heavy atom. The van der Waals surface area contributed by atoms with Gasteiger partial charge in [0.1, 0.15) is 17.1 Å². The first-order valence-electron chi connectivity index (χ1n) is 3.63. The van der Waals surface area contributed by atoms with Crippen LogP contribution >= 0.6 is 0 Å². The van der Waals surface area contributed by atoms with Crippen LogP contribution in [0.5, 0.6) is 11.5 Å². The van der Waals surface area contributed by atoms with Crippen LogP contribution in [0.1, 0.15) is 0 Å². The van der Waals surface area contributed by atoms with E-state index in [1.165, 1.54) is 26.5 Å². The van der Waals surface area contributed by atoms with Crippen molar-refractivity contribution in [2.75, 3.05) is 14.2 Å². The average molecular weight is 183 g/mol. The zero-order valence-electron chi connectivity index (χ0n) is 7.39. The standard InChI is InChI=1S/C7H10BNO4/c1-12-5-3-6(13-2)7(8(10)11)9-4-5/h3-4,10-11H,1-2H3. The molecule has 70 valence electrons. The van der Waals surface area contributed by atoms with Crippen molar-refractivity contribution in [3.8, 4) is 11.5 Å². The number of rotatable bonds is 3. The second-order valence-electron chi connectivity index (χ2n) is 2.34. The summed E-state index contributed by atoms with van der Waals surface area (Å²) in [5, 5.41) is 17.7. The maximum Gasteiger partial charge on any atom is 0.512 e.